The molecule has 3 amide bonds. The van der Waals surface area contributed by atoms with E-state index in [1.54, 1.807) is 28.5 Å². The molecule has 11 heteroatoms. The van der Waals surface area contributed by atoms with E-state index in [9.17, 15) is 14.4 Å². The number of benzene rings is 2. The summed E-state index contributed by atoms with van der Waals surface area (Å²) in [5, 5.41) is 12.5. The first kappa shape index (κ1) is 39.4. The van der Waals surface area contributed by atoms with Crippen molar-refractivity contribution in [2.24, 2.45) is 5.10 Å². The number of amides is 3. The Bertz CT molecular complexity index is 1850. The van der Waals surface area contributed by atoms with Gasteiger partial charge in [0, 0.05) is 25.0 Å². The molecule has 0 saturated carbocycles. The fourth-order valence-corrected chi connectivity index (χ4v) is 9.33. The summed E-state index contributed by atoms with van der Waals surface area (Å²) in [5.74, 6) is -0.260. The van der Waals surface area contributed by atoms with Gasteiger partial charge in [0.25, 0.3) is 11.5 Å². The molecule has 0 unspecified atom stereocenters. The number of urea groups is 1. The number of fused-ring (bicyclic) bond motifs is 1. The minimum Gasteiger partial charge on any atom is -0.338 e. The van der Waals surface area contributed by atoms with Crippen molar-refractivity contribution in [1.29, 1.82) is 0 Å². The standard InChI is InChI=1S/C41H56N6O3S2/c1-4-6-7-8-9-10-11-12-13-14-15-16-17-18-19-25-30-42-41(50)43-36-34(37(48)47(44-36)31-26-21-20-22-27-31)39-46(5-2)38(49)35(52-39)40-45(3)32-28-23-24-29-33(32)51-40/h20-24,26-29H,4-19,25,30H2,1-3H3,(H2,42,43,44,50)/b39-34+,40-35-. The molecule has 9 nitrogen and oxygen atoms in total. The number of unbranched alkanes of at least 4 members (excludes halogenated alkanes) is 15. The van der Waals surface area contributed by atoms with Crippen molar-refractivity contribution in [2.75, 3.05) is 23.5 Å². The zero-order valence-corrected chi connectivity index (χ0v) is 32.9. The van der Waals surface area contributed by atoms with Gasteiger partial charge in [-0.1, -0.05) is 145 Å². The fraction of sp³-hybridized carbons (Fsp3) is 0.512. The molecule has 0 radical (unpaired) electrons. The van der Waals surface area contributed by atoms with Crippen LogP contribution in [0, 0.1) is 0 Å². The first-order valence-corrected chi connectivity index (χ1v) is 21.1. The summed E-state index contributed by atoms with van der Waals surface area (Å²) in [6.07, 6.45) is 20.7. The van der Waals surface area contributed by atoms with Crippen LogP contribution in [0.5, 0.6) is 0 Å². The summed E-state index contributed by atoms with van der Waals surface area (Å²) in [6.45, 7) is 5.05. The van der Waals surface area contributed by atoms with E-state index >= 15 is 0 Å². The van der Waals surface area contributed by atoms with Gasteiger partial charge in [-0.15, -0.1) is 16.4 Å². The van der Waals surface area contributed by atoms with E-state index in [1.165, 1.54) is 106 Å². The smallest absolute Gasteiger partial charge is 0.320 e. The molecule has 2 aromatic carbocycles. The Morgan fingerprint density at radius 3 is 1.92 bits per heavy atom. The van der Waals surface area contributed by atoms with Gasteiger partial charge < -0.3 is 10.2 Å². The van der Waals surface area contributed by atoms with Crippen LogP contribution >= 0.6 is 23.1 Å². The molecule has 0 spiro atoms. The van der Waals surface area contributed by atoms with Crippen LogP contribution in [0.2, 0.25) is 0 Å². The lowest BCUT2D eigenvalue weighted by molar-refractivity contribution is -0.112. The van der Waals surface area contributed by atoms with Gasteiger partial charge in [-0.3, -0.25) is 19.5 Å². The number of hydrazone groups is 1. The molecule has 2 aliphatic rings. The van der Waals surface area contributed by atoms with Gasteiger partial charge in [-0.25, -0.2) is 4.79 Å². The summed E-state index contributed by atoms with van der Waals surface area (Å²) in [6, 6.07) is 16.7. The van der Waals surface area contributed by atoms with Gasteiger partial charge in [-0.2, -0.15) is 5.01 Å². The summed E-state index contributed by atoms with van der Waals surface area (Å²) < 4.78 is 2.63. The van der Waals surface area contributed by atoms with Gasteiger partial charge in [0.05, 0.1) is 11.4 Å². The van der Waals surface area contributed by atoms with Crippen molar-refractivity contribution >= 4 is 62.8 Å². The fourth-order valence-electron chi connectivity index (χ4n) is 6.77. The summed E-state index contributed by atoms with van der Waals surface area (Å²) >= 11 is 2.81. The summed E-state index contributed by atoms with van der Waals surface area (Å²) in [4.78, 5) is 44.2. The molecule has 2 aliphatic heterocycles. The maximum atomic E-state index is 14.0. The van der Waals surface area contributed by atoms with E-state index in [-0.39, 0.29) is 17.0 Å². The number of carbonyl (C=O) groups excluding carboxylic acids is 2. The number of hydrogen-bond acceptors (Lipinski definition) is 7. The molecular weight excluding hydrogens is 689 g/mol. The molecule has 0 saturated heterocycles. The van der Waals surface area contributed by atoms with Gasteiger partial charge in [0.2, 0.25) is 0 Å². The molecule has 3 aromatic rings. The topological polar surface area (TPSA) is 99.0 Å². The Morgan fingerprint density at radius 1 is 0.750 bits per heavy atom. The molecule has 3 heterocycles. The van der Waals surface area contributed by atoms with E-state index in [0.717, 1.165) is 28.5 Å². The first-order valence-electron chi connectivity index (χ1n) is 19.5. The number of amidine groups is 1. The highest BCUT2D eigenvalue weighted by atomic mass is 32.2. The van der Waals surface area contributed by atoms with Gasteiger partial charge in [-0.05, 0) is 37.6 Å². The Balaban J connectivity index is 1.16. The van der Waals surface area contributed by atoms with E-state index < -0.39 is 11.9 Å². The van der Waals surface area contributed by atoms with E-state index in [2.05, 4.69) is 22.7 Å². The second-order valence-electron chi connectivity index (χ2n) is 13.7. The summed E-state index contributed by atoms with van der Waals surface area (Å²) in [7, 11) is 1.95. The van der Waals surface area contributed by atoms with E-state index in [0.29, 0.717) is 28.0 Å². The maximum absolute atomic E-state index is 14.0. The zero-order chi connectivity index (χ0) is 36.7. The van der Waals surface area contributed by atoms with E-state index in [4.69, 9.17) is 0 Å². The van der Waals surface area contributed by atoms with Crippen molar-refractivity contribution in [1.82, 2.24) is 15.2 Å². The van der Waals surface area contributed by atoms with Gasteiger partial charge in [0.15, 0.2) is 5.84 Å². The lowest BCUT2D eigenvalue weighted by Crippen LogP contribution is -2.42. The molecule has 0 aliphatic carbocycles. The average molecular weight is 745 g/mol. The van der Waals surface area contributed by atoms with Crippen LogP contribution in [0.3, 0.4) is 0 Å². The van der Waals surface area contributed by atoms with Crippen LogP contribution in [-0.2, 0) is 11.3 Å². The maximum Gasteiger partial charge on any atom is 0.320 e. The van der Waals surface area contributed by atoms with Crippen LogP contribution in [0.25, 0.3) is 10.6 Å². The number of aromatic nitrogens is 1. The molecule has 0 bridgehead atoms. The number of hydrogen-bond donors (Lipinski definition) is 2. The minimum absolute atomic E-state index is 0.133. The number of thioether (sulfide) groups is 1. The number of thiazole rings is 1. The molecule has 0 fully saturated rings. The lowest BCUT2D eigenvalue weighted by atomic mass is 10.0. The van der Waals surface area contributed by atoms with Crippen molar-refractivity contribution < 1.29 is 9.59 Å². The first-order chi connectivity index (χ1) is 25.4. The van der Waals surface area contributed by atoms with Gasteiger partial charge >= 0.3 is 6.03 Å². The van der Waals surface area contributed by atoms with Crippen LogP contribution in [-0.4, -0.2) is 35.9 Å². The zero-order valence-electron chi connectivity index (χ0n) is 31.3. The Kier molecular flexibility index (Phi) is 15.5. The number of rotatable bonds is 19. The molecule has 2 N–H and O–H groups in total. The Labute approximate surface area is 317 Å². The number of carbonyl (C=O) groups is 2. The summed E-state index contributed by atoms with van der Waals surface area (Å²) in [5.41, 5.74) is 1.65. The predicted molar refractivity (Wildman–Crippen MR) is 218 cm³/mol. The molecule has 5 rings (SSSR count). The van der Waals surface area contributed by atoms with Crippen molar-refractivity contribution in [2.45, 2.75) is 128 Å². The SMILES string of the molecule is CCCCCCCCCCCCCCCCCCNC(=O)NC1=NN(c2ccccc2)C(=O)/C1=c1/s/c(=C2\Sc3ccccc3N2C)c(=O)n1CC. The third kappa shape index (κ3) is 10.2. The van der Waals surface area contributed by atoms with Crippen LogP contribution < -0.4 is 35.3 Å². The number of anilines is 2. The lowest BCUT2D eigenvalue weighted by Gasteiger charge is -2.11. The van der Waals surface area contributed by atoms with Crippen LogP contribution in [0.15, 0.2) is 69.4 Å². The molecule has 52 heavy (non-hydrogen) atoms. The quantitative estimate of drug-likeness (QED) is 0.120. The second-order valence-corrected chi connectivity index (χ2v) is 15.7. The van der Waals surface area contributed by atoms with E-state index in [1.807, 2.05) is 61.3 Å². The third-order valence-electron chi connectivity index (χ3n) is 9.74. The number of nitrogens with zero attached hydrogens (tertiary/aromatic N) is 4. The van der Waals surface area contributed by atoms with Crippen molar-refractivity contribution in [3.05, 3.63) is 74.1 Å². The van der Waals surface area contributed by atoms with Crippen molar-refractivity contribution in [3.63, 3.8) is 0 Å². The Hall–Kier alpha value is -3.83. The third-order valence-corrected chi connectivity index (χ3v) is 12.3. The molecule has 280 valence electrons. The minimum atomic E-state index is -0.419. The highest BCUT2D eigenvalue weighted by molar-refractivity contribution is 8.08. The van der Waals surface area contributed by atoms with Crippen LogP contribution in [0.4, 0.5) is 16.2 Å². The number of para-hydroxylation sites is 2. The van der Waals surface area contributed by atoms with Crippen molar-refractivity contribution in [3.8, 4) is 0 Å². The van der Waals surface area contributed by atoms with Gasteiger partial charge in [0.1, 0.15) is 19.8 Å². The average Bonchev–Trinajstić information content (AvgIpc) is 3.78. The number of nitrogens with one attached hydrogen (secondary N) is 2. The molecular formula is C41H56N6O3S2. The Morgan fingerprint density at radius 2 is 1.33 bits per heavy atom. The second kappa shape index (κ2) is 20.4. The molecule has 1 aromatic heterocycles. The largest absolute Gasteiger partial charge is 0.338 e. The monoisotopic (exact) mass is 744 g/mol. The highest BCUT2D eigenvalue weighted by Gasteiger charge is 2.35. The van der Waals surface area contributed by atoms with Crippen LogP contribution in [0.1, 0.15) is 117 Å². The highest BCUT2D eigenvalue weighted by Crippen LogP contribution is 2.45. The molecule has 0 atom stereocenters. The predicted octanol–water partition coefficient (Wildman–Crippen LogP) is 8.31. The normalized spacial score (nSPS) is 16.1.